The van der Waals surface area contributed by atoms with Crippen LogP contribution in [-0.4, -0.2) is 12.9 Å². The summed E-state index contributed by atoms with van der Waals surface area (Å²) in [5.74, 6) is 3.13. The summed E-state index contributed by atoms with van der Waals surface area (Å²) >= 11 is 3.25. The zero-order valence-corrected chi connectivity index (χ0v) is 9.08. The summed E-state index contributed by atoms with van der Waals surface area (Å²) in [6, 6.07) is 5.23. The minimum absolute atomic E-state index is 0.469. The van der Waals surface area contributed by atoms with Gasteiger partial charge in [-0.05, 0) is 18.2 Å². The van der Waals surface area contributed by atoms with Crippen molar-refractivity contribution in [1.29, 1.82) is 0 Å². The van der Waals surface area contributed by atoms with Crippen LogP contribution in [0.3, 0.4) is 0 Å². The van der Waals surface area contributed by atoms with Gasteiger partial charge in [0.05, 0.1) is 6.61 Å². The van der Waals surface area contributed by atoms with Gasteiger partial charge in [-0.2, -0.15) is 0 Å². The molecule has 1 aromatic carbocycles. The van der Waals surface area contributed by atoms with Gasteiger partial charge >= 0.3 is 0 Å². The van der Waals surface area contributed by atoms with Crippen molar-refractivity contribution in [2.45, 2.75) is 6.42 Å². The first-order chi connectivity index (χ1) is 6.77. The van der Waals surface area contributed by atoms with Crippen molar-refractivity contribution in [2.24, 2.45) is 0 Å². The molecule has 0 unspecified atom stereocenters. The third-order valence-corrected chi connectivity index (χ3v) is 2.33. The standard InChI is InChI=1S/C11H9BrO2/c1-2-3-6-14-10-4-5-11(12)9(7-10)8-13/h1,4-5,7-8H,3,6H2. The highest BCUT2D eigenvalue weighted by atomic mass is 79.9. The van der Waals surface area contributed by atoms with Crippen molar-refractivity contribution < 1.29 is 9.53 Å². The smallest absolute Gasteiger partial charge is 0.151 e. The molecule has 0 saturated carbocycles. The van der Waals surface area contributed by atoms with Crippen LogP contribution in [0.25, 0.3) is 0 Å². The molecule has 0 saturated heterocycles. The quantitative estimate of drug-likeness (QED) is 0.468. The van der Waals surface area contributed by atoms with Gasteiger partial charge in [0.2, 0.25) is 0 Å². The van der Waals surface area contributed by atoms with Gasteiger partial charge in [0.25, 0.3) is 0 Å². The number of ether oxygens (including phenoxy) is 1. The molecule has 0 atom stereocenters. The van der Waals surface area contributed by atoms with Gasteiger partial charge in [-0.3, -0.25) is 4.79 Å². The summed E-state index contributed by atoms with van der Waals surface area (Å²) in [4.78, 5) is 10.6. The van der Waals surface area contributed by atoms with Crippen LogP contribution in [0, 0.1) is 12.3 Å². The fourth-order valence-electron chi connectivity index (χ4n) is 0.930. The van der Waals surface area contributed by atoms with Crippen molar-refractivity contribution in [3.05, 3.63) is 28.2 Å². The molecule has 1 rings (SSSR count). The van der Waals surface area contributed by atoms with Crippen LogP contribution in [0.1, 0.15) is 16.8 Å². The zero-order valence-electron chi connectivity index (χ0n) is 7.50. The Morgan fingerprint density at radius 2 is 2.36 bits per heavy atom. The lowest BCUT2D eigenvalue weighted by Crippen LogP contribution is -1.96. The van der Waals surface area contributed by atoms with Crippen LogP contribution in [0.15, 0.2) is 22.7 Å². The number of aldehydes is 1. The van der Waals surface area contributed by atoms with E-state index in [0.717, 1.165) is 10.8 Å². The van der Waals surface area contributed by atoms with Gasteiger partial charge in [-0.15, -0.1) is 12.3 Å². The SMILES string of the molecule is C#CCCOc1ccc(Br)c(C=O)c1. The molecule has 3 heteroatoms. The number of carbonyl (C=O) groups is 1. The van der Waals surface area contributed by atoms with Crippen LogP contribution < -0.4 is 4.74 Å². The largest absolute Gasteiger partial charge is 0.493 e. The van der Waals surface area contributed by atoms with E-state index in [1.807, 2.05) is 0 Å². The van der Waals surface area contributed by atoms with Crippen LogP contribution in [-0.2, 0) is 0 Å². The highest BCUT2D eigenvalue weighted by Gasteiger charge is 2.00. The average Bonchev–Trinajstić information content (AvgIpc) is 2.21. The number of hydrogen-bond acceptors (Lipinski definition) is 2. The first-order valence-corrected chi connectivity index (χ1v) is 4.88. The highest BCUT2D eigenvalue weighted by molar-refractivity contribution is 9.10. The lowest BCUT2D eigenvalue weighted by Gasteiger charge is -2.05. The lowest BCUT2D eigenvalue weighted by molar-refractivity contribution is 0.112. The van der Waals surface area contributed by atoms with Crippen LogP contribution in [0.2, 0.25) is 0 Å². The fourth-order valence-corrected chi connectivity index (χ4v) is 1.27. The Bertz CT molecular complexity index is 366. The topological polar surface area (TPSA) is 26.3 Å². The lowest BCUT2D eigenvalue weighted by atomic mass is 10.2. The molecule has 0 heterocycles. The van der Waals surface area contributed by atoms with Crippen molar-refractivity contribution >= 4 is 22.2 Å². The minimum Gasteiger partial charge on any atom is -0.493 e. The molecule has 0 aliphatic heterocycles. The normalized spacial score (nSPS) is 9.14. The molecule has 0 aromatic heterocycles. The summed E-state index contributed by atoms with van der Waals surface area (Å²) in [5.41, 5.74) is 0.572. The maximum atomic E-state index is 10.6. The van der Waals surface area contributed by atoms with Crippen molar-refractivity contribution in [2.75, 3.05) is 6.61 Å². The van der Waals surface area contributed by atoms with Crippen LogP contribution >= 0.6 is 15.9 Å². The molecule has 1 aromatic rings. The molecule has 0 fully saturated rings. The Morgan fingerprint density at radius 3 is 3.00 bits per heavy atom. The van der Waals surface area contributed by atoms with E-state index in [9.17, 15) is 4.79 Å². The summed E-state index contributed by atoms with van der Waals surface area (Å²) in [5, 5.41) is 0. The van der Waals surface area contributed by atoms with E-state index in [-0.39, 0.29) is 0 Å². The molecule has 0 N–H and O–H groups in total. The molecular weight excluding hydrogens is 244 g/mol. The molecule has 72 valence electrons. The Kier molecular flexibility index (Phi) is 4.21. The van der Waals surface area contributed by atoms with E-state index >= 15 is 0 Å². The predicted molar refractivity (Wildman–Crippen MR) is 58.5 cm³/mol. The molecule has 0 aliphatic carbocycles. The summed E-state index contributed by atoms with van der Waals surface area (Å²) in [7, 11) is 0. The molecular formula is C11H9BrO2. The molecule has 0 spiro atoms. The van der Waals surface area contributed by atoms with E-state index in [0.29, 0.717) is 24.3 Å². The number of carbonyl (C=O) groups excluding carboxylic acids is 1. The number of hydrogen-bond donors (Lipinski definition) is 0. The average molecular weight is 253 g/mol. The van der Waals surface area contributed by atoms with Crippen molar-refractivity contribution in [3.63, 3.8) is 0 Å². The molecule has 0 amide bonds. The second-order valence-corrected chi connectivity index (χ2v) is 3.46. The Morgan fingerprint density at radius 1 is 1.57 bits per heavy atom. The van der Waals surface area contributed by atoms with Gasteiger partial charge in [0, 0.05) is 16.5 Å². The third kappa shape index (κ3) is 2.90. The second kappa shape index (κ2) is 5.46. The van der Waals surface area contributed by atoms with Crippen LogP contribution in [0.4, 0.5) is 0 Å². The monoisotopic (exact) mass is 252 g/mol. The van der Waals surface area contributed by atoms with E-state index in [4.69, 9.17) is 11.2 Å². The van der Waals surface area contributed by atoms with Gasteiger partial charge in [0.1, 0.15) is 5.75 Å². The molecule has 2 nitrogen and oxygen atoms in total. The van der Waals surface area contributed by atoms with Crippen LogP contribution in [0.5, 0.6) is 5.75 Å². The number of benzene rings is 1. The molecule has 0 bridgehead atoms. The highest BCUT2D eigenvalue weighted by Crippen LogP contribution is 2.21. The van der Waals surface area contributed by atoms with Crippen molar-refractivity contribution in [1.82, 2.24) is 0 Å². The number of rotatable bonds is 4. The third-order valence-electron chi connectivity index (χ3n) is 1.61. The zero-order chi connectivity index (χ0) is 10.4. The summed E-state index contributed by atoms with van der Waals surface area (Å²) < 4.78 is 6.08. The van der Waals surface area contributed by atoms with Gasteiger partial charge < -0.3 is 4.74 Å². The van der Waals surface area contributed by atoms with Gasteiger partial charge in [-0.25, -0.2) is 0 Å². The van der Waals surface area contributed by atoms with Gasteiger partial charge in [0.15, 0.2) is 6.29 Å². The molecule has 0 aliphatic rings. The number of terminal acetylenes is 1. The van der Waals surface area contributed by atoms with E-state index in [1.54, 1.807) is 18.2 Å². The first kappa shape index (κ1) is 10.8. The summed E-state index contributed by atoms with van der Waals surface area (Å²) in [6.07, 6.45) is 6.42. The Hall–Kier alpha value is -1.27. The van der Waals surface area contributed by atoms with Crippen molar-refractivity contribution in [3.8, 4) is 18.1 Å². The Balaban J connectivity index is 2.70. The molecule has 14 heavy (non-hydrogen) atoms. The minimum atomic E-state index is 0.469. The number of halogens is 1. The predicted octanol–water partition coefficient (Wildman–Crippen LogP) is 2.66. The van der Waals surface area contributed by atoms with Gasteiger partial charge in [-0.1, -0.05) is 15.9 Å². The second-order valence-electron chi connectivity index (χ2n) is 2.60. The van der Waals surface area contributed by atoms with E-state index < -0.39 is 0 Å². The first-order valence-electron chi connectivity index (χ1n) is 4.09. The Labute approximate surface area is 91.4 Å². The maximum Gasteiger partial charge on any atom is 0.151 e. The molecule has 0 radical (unpaired) electrons. The summed E-state index contributed by atoms with van der Waals surface area (Å²) in [6.45, 7) is 0.469. The van der Waals surface area contributed by atoms with E-state index in [1.165, 1.54) is 0 Å². The fraction of sp³-hybridized carbons (Fsp3) is 0.182. The van der Waals surface area contributed by atoms with E-state index in [2.05, 4.69) is 21.9 Å². The maximum absolute atomic E-state index is 10.6.